The van der Waals surface area contributed by atoms with E-state index in [0.717, 1.165) is 29.5 Å². The van der Waals surface area contributed by atoms with Gasteiger partial charge in [0.15, 0.2) is 19.8 Å². The van der Waals surface area contributed by atoms with Gasteiger partial charge in [0.2, 0.25) is 5.75 Å². The SMILES string of the molecule is COc1cc(-c2c(-c3ccncc3)nn3c2C(=O)N(CCCC(C)(C)[Si](C)(C)O)CC3)cc(OC)c1OCc1ccc(C(C)C)cc1. The Labute approximate surface area is 279 Å². The van der Waals surface area contributed by atoms with Gasteiger partial charge in [0.05, 0.1) is 20.8 Å². The van der Waals surface area contributed by atoms with Gasteiger partial charge in [0.25, 0.3) is 5.91 Å². The molecule has 0 unspecified atom stereocenters. The van der Waals surface area contributed by atoms with Gasteiger partial charge in [-0.25, -0.2) is 0 Å². The van der Waals surface area contributed by atoms with Crippen LogP contribution in [0, 0.1) is 0 Å². The van der Waals surface area contributed by atoms with Gasteiger partial charge >= 0.3 is 0 Å². The van der Waals surface area contributed by atoms with Crippen molar-refractivity contribution < 1.29 is 23.8 Å². The Morgan fingerprint density at radius 2 is 1.60 bits per heavy atom. The molecule has 3 heterocycles. The third-order valence-electron chi connectivity index (χ3n) is 9.64. The third-order valence-corrected chi connectivity index (χ3v) is 13.2. The summed E-state index contributed by atoms with van der Waals surface area (Å²) in [5, 5.41) is 4.81. The predicted molar refractivity (Wildman–Crippen MR) is 188 cm³/mol. The Bertz CT molecular complexity index is 1670. The molecule has 0 fully saturated rings. The average molecular weight is 657 g/mol. The standard InChI is InChI=1S/C37H48N4O5Si/c1-25(2)27-12-10-26(11-13-27)24-46-35-30(44-5)22-29(23-31(35)45-6)32-33(28-14-17-38-18-15-28)39-41-21-20-40(36(42)34(32)41)19-9-16-37(3,4)47(7,8)43/h10-15,17-18,22-23,25,43H,9,16,19-21,24H2,1-8H3. The van der Waals surface area contributed by atoms with Crippen molar-refractivity contribution in [3.8, 4) is 39.6 Å². The van der Waals surface area contributed by atoms with E-state index in [9.17, 15) is 9.59 Å². The van der Waals surface area contributed by atoms with Crippen molar-refractivity contribution in [1.29, 1.82) is 0 Å². The van der Waals surface area contributed by atoms with Gasteiger partial charge < -0.3 is 23.9 Å². The van der Waals surface area contributed by atoms with E-state index in [4.69, 9.17) is 19.3 Å². The molecule has 0 radical (unpaired) electrons. The molecule has 0 saturated heterocycles. The van der Waals surface area contributed by atoms with Crippen LogP contribution in [0.2, 0.25) is 18.1 Å². The first-order valence-electron chi connectivity index (χ1n) is 16.4. The van der Waals surface area contributed by atoms with Crippen molar-refractivity contribution in [2.24, 2.45) is 0 Å². The number of pyridine rings is 1. The summed E-state index contributed by atoms with van der Waals surface area (Å²) in [7, 11) is 0.859. The van der Waals surface area contributed by atoms with Crippen LogP contribution in [0.4, 0.5) is 0 Å². The summed E-state index contributed by atoms with van der Waals surface area (Å²) in [5.74, 6) is 1.87. The lowest BCUT2D eigenvalue weighted by Crippen LogP contribution is -2.42. The zero-order valence-electron chi connectivity index (χ0n) is 29.0. The number of nitrogens with zero attached hydrogens (tertiary/aromatic N) is 4. The third kappa shape index (κ3) is 7.23. The highest BCUT2D eigenvalue weighted by atomic mass is 28.4. The molecule has 1 amide bonds. The van der Waals surface area contributed by atoms with Crippen LogP contribution in [-0.4, -0.2) is 66.0 Å². The molecule has 1 N–H and O–H groups in total. The number of aromatic nitrogens is 3. The number of hydrogen-bond acceptors (Lipinski definition) is 7. The minimum atomic E-state index is -2.35. The normalized spacial score (nSPS) is 13.6. The molecule has 0 spiro atoms. The molecule has 4 aromatic rings. The molecule has 0 aliphatic carbocycles. The highest BCUT2D eigenvalue weighted by Gasteiger charge is 2.38. The molecule has 0 bridgehead atoms. The van der Waals surface area contributed by atoms with Crippen LogP contribution in [0.15, 0.2) is 60.9 Å². The van der Waals surface area contributed by atoms with Crippen LogP contribution >= 0.6 is 0 Å². The summed E-state index contributed by atoms with van der Waals surface area (Å²) in [4.78, 5) is 31.1. The quantitative estimate of drug-likeness (QED) is 0.148. The van der Waals surface area contributed by atoms with E-state index in [-0.39, 0.29) is 10.9 Å². The van der Waals surface area contributed by atoms with Crippen LogP contribution in [0.25, 0.3) is 22.4 Å². The minimum absolute atomic E-state index is 0.0690. The number of methoxy groups -OCH3 is 2. The summed E-state index contributed by atoms with van der Waals surface area (Å²) in [6, 6.07) is 16.0. The van der Waals surface area contributed by atoms with Gasteiger partial charge in [-0.2, -0.15) is 5.10 Å². The van der Waals surface area contributed by atoms with E-state index in [1.165, 1.54) is 5.56 Å². The molecule has 1 aliphatic rings. The largest absolute Gasteiger partial charge is 0.493 e. The second-order valence-electron chi connectivity index (χ2n) is 13.8. The molecule has 2 aromatic heterocycles. The Hall–Kier alpha value is -4.15. The first kappa shape index (κ1) is 34.2. The zero-order valence-corrected chi connectivity index (χ0v) is 30.0. The lowest BCUT2D eigenvalue weighted by atomic mass is 9.97. The maximum atomic E-state index is 14.2. The van der Waals surface area contributed by atoms with E-state index in [1.54, 1.807) is 26.6 Å². The molecular formula is C37H48N4O5Si. The summed E-state index contributed by atoms with van der Waals surface area (Å²) in [5.41, 5.74) is 5.84. The van der Waals surface area contributed by atoms with E-state index < -0.39 is 8.32 Å². The Morgan fingerprint density at radius 1 is 0.957 bits per heavy atom. The molecule has 250 valence electrons. The highest BCUT2D eigenvalue weighted by molar-refractivity contribution is 6.72. The number of amides is 1. The fourth-order valence-corrected chi connectivity index (χ4v) is 6.63. The molecule has 0 atom stereocenters. The zero-order chi connectivity index (χ0) is 33.9. The molecule has 0 saturated carbocycles. The first-order valence-corrected chi connectivity index (χ1v) is 19.3. The maximum Gasteiger partial charge on any atom is 0.272 e. The number of hydrogen-bond donors (Lipinski definition) is 1. The minimum Gasteiger partial charge on any atom is -0.493 e. The van der Waals surface area contributed by atoms with E-state index in [1.807, 2.05) is 46.9 Å². The average Bonchev–Trinajstić information content (AvgIpc) is 3.45. The fraction of sp³-hybridized carbons (Fsp3) is 0.432. The van der Waals surface area contributed by atoms with Crippen molar-refractivity contribution >= 4 is 14.2 Å². The van der Waals surface area contributed by atoms with E-state index >= 15 is 0 Å². The summed E-state index contributed by atoms with van der Waals surface area (Å²) < 4.78 is 19.8. The number of benzene rings is 2. The number of carbonyl (C=O) groups is 1. The number of carbonyl (C=O) groups excluding carboxylic acids is 1. The lowest BCUT2D eigenvalue weighted by Gasteiger charge is -2.36. The summed E-state index contributed by atoms with van der Waals surface area (Å²) >= 11 is 0. The second-order valence-corrected chi connectivity index (χ2v) is 18.2. The van der Waals surface area contributed by atoms with Crippen molar-refractivity contribution in [1.82, 2.24) is 19.7 Å². The van der Waals surface area contributed by atoms with Gasteiger partial charge in [-0.3, -0.25) is 14.5 Å². The maximum absolute atomic E-state index is 14.2. The fourth-order valence-electron chi connectivity index (χ4n) is 5.84. The van der Waals surface area contributed by atoms with Crippen molar-refractivity contribution in [3.05, 3.63) is 77.7 Å². The smallest absolute Gasteiger partial charge is 0.272 e. The van der Waals surface area contributed by atoms with Crippen LogP contribution in [0.1, 0.15) is 68.1 Å². The topological polar surface area (TPSA) is 98.9 Å². The Morgan fingerprint density at radius 3 is 2.17 bits per heavy atom. The van der Waals surface area contributed by atoms with Gasteiger partial charge in [0, 0.05) is 36.6 Å². The molecule has 9 nitrogen and oxygen atoms in total. The van der Waals surface area contributed by atoms with Gasteiger partial charge in [0.1, 0.15) is 18.0 Å². The number of rotatable bonds is 13. The van der Waals surface area contributed by atoms with E-state index in [2.05, 4.69) is 56.9 Å². The second kappa shape index (κ2) is 13.9. The van der Waals surface area contributed by atoms with Gasteiger partial charge in [-0.1, -0.05) is 52.0 Å². The van der Waals surface area contributed by atoms with Crippen LogP contribution < -0.4 is 14.2 Å². The Kier molecular flexibility index (Phi) is 10.1. The summed E-state index contributed by atoms with van der Waals surface area (Å²) in [6.45, 7) is 14.7. The monoisotopic (exact) mass is 656 g/mol. The van der Waals surface area contributed by atoms with Crippen LogP contribution in [0.3, 0.4) is 0 Å². The number of ether oxygens (including phenoxy) is 3. The molecule has 1 aliphatic heterocycles. The van der Waals surface area contributed by atoms with Crippen molar-refractivity contribution in [3.63, 3.8) is 0 Å². The van der Waals surface area contributed by atoms with E-state index in [0.29, 0.717) is 66.4 Å². The lowest BCUT2D eigenvalue weighted by molar-refractivity contribution is 0.0694. The molecule has 47 heavy (non-hydrogen) atoms. The molecular weight excluding hydrogens is 609 g/mol. The highest BCUT2D eigenvalue weighted by Crippen LogP contribution is 2.46. The van der Waals surface area contributed by atoms with Crippen molar-refractivity contribution in [2.75, 3.05) is 27.3 Å². The summed E-state index contributed by atoms with van der Waals surface area (Å²) in [6.07, 6.45) is 5.11. The number of fused-ring (bicyclic) bond motifs is 1. The first-order chi connectivity index (χ1) is 22.3. The van der Waals surface area contributed by atoms with Crippen molar-refractivity contribution in [2.45, 2.75) is 77.7 Å². The van der Waals surface area contributed by atoms with Crippen LogP contribution in [0.5, 0.6) is 17.2 Å². The molecule has 5 rings (SSSR count). The van der Waals surface area contributed by atoms with Crippen LogP contribution in [-0.2, 0) is 13.2 Å². The van der Waals surface area contributed by atoms with Gasteiger partial charge in [-0.15, -0.1) is 0 Å². The molecule has 2 aromatic carbocycles. The molecule has 10 heteroatoms. The predicted octanol–water partition coefficient (Wildman–Crippen LogP) is 7.55. The van der Waals surface area contributed by atoms with Gasteiger partial charge in [-0.05, 0) is 77.8 Å². The Balaban J connectivity index is 1.51.